The summed E-state index contributed by atoms with van der Waals surface area (Å²) in [6.07, 6.45) is 0. The third-order valence-electron chi connectivity index (χ3n) is 10.7. The molecule has 0 fully saturated rings. The van der Waals surface area contributed by atoms with Crippen molar-refractivity contribution in [2.45, 2.75) is 5.41 Å². The molecule has 1 aliphatic heterocycles. The van der Waals surface area contributed by atoms with Crippen LogP contribution in [0.25, 0.3) is 71.2 Å². The van der Waals surface area contributed by atoms with Gasteiger partial charge >= 0.3 is 0 Å². The summed E-state index contributed by atoms with van der Waals surface area (Å²) in [6, 6.07) is 50.0. The molecule has 0 saturated carbocycles. The second-order valence-electron chi connectivity index (χ2n) is 12.7. The first-order valence-electron chi connectivity index (χ1n) is 16.0. The van der Waals surface area contributed by atoms with Crippen LogP contribution in [0.5, 0.6) is 0 Å². The van der Waals surface area contributed by atoms with Crippen LogP contribution in [-0.2, 0) is 5.41 Å². The quantitative estimate of drug-likeness (QED) is 0.161. The molecule has 0 amide bonds. The highest BCUT2D eigenvalue weighted by Gasteiger charge is 2.50. The van der Waals surface area contributed by atoms with Crippen LogP contribution < -0.4 is 0 Å². The lowest BCUT2D eigenvalue weighted by atomic mass is 9.65. The molecule has 1 aliphatic carbocycles. The largest absolute Gasteiger partial charge is 0.308 e. The number of aromatic nitrogens is 3. The first-order valence-corrected chi connectivity index (χ1v) is 16.0. The van der Waals surface area contributed by atoms with E-state index in [1.807, 2.05) is 18.2 Å². The van der Waals surface area contributed by atoms with Crippen LogP contribution in [0.3, 0.4) is 0 Å². The Morgan fingerprint density at radius 2 is 1.00 bits per heavy atom. The Hall–Kier alpha value is -6.82. The number of hydrogen-bond acceptors (Lipinski definition) is 4. The van der Waals surface area contributed by atoms with Gasteiger partial charge in [-0.25, -0.2) is 9.97 Å². The zero-order chi connectivity index (χ0) is 31.7. The van der Waals surface area contributed by atoms with Crippen LogP contribution >= 0.6 is 0 Å². The lowest BCUT2D eigenvalue weighted by Crippen LogP contribution is -2.33. The fourth-order valence-electron chi connectivity index (χ4n) is 8.99. The predicted molar refractivity (Wildman–Crippen MR) is 189 cm³/mol. The minimum absolute atomic E-state index is 0.0348. The molecule has 9 aromatic rings. The van der Waals surface area contributed by atoms with Gasteiger partial charge in [-0.15, -0.1) is 0 Å². The first-order chi connectivity index (χ1) is 23.8. The van der Waals surface area contributed by atoms with Gasteiger partial charge < -0.3 is 4.57 Å². The van der Waals surface area contributed by atoms with Gasteiger partial charge in [-0.05, 0) is 50.2 Å². The standard InChI is InChI=1S/C43H21N5/c44-22-35-36(23-45)47-40-38-27(24-10-1-2-13-28(24)39(40)46-35)20-21-30-29-14-9-18-34-41(29)48(42(30)38)37-19-8-7-17-33(37)43(34)31-15-5-3-11-25(31)26-12-4-6-16-32(26)43/h1-21H. The van der Waals surface area contributed by atoms with Gasteiger partial charge in [-0.2, -0.15) is 10.5 Å². The Labute approximate surface area is 274 Å². The summed E-state index contributed by atoms with van der Waals surface area (Å²) in [5.41, 5.74) is 11.7. The van der Waals surface area contributed by atoms with Gasteiger partial charge in [0, 0.05) is 21.5 Å². The molecule has 0 bridgehead atoms. The molecule has 3 heterocycles. The average molecular weight is 608 g/mol. The van der Waals surface area contributed by atoms with Crippen LogP contribution in [0.1, 0.15) is 33.6 Å². The van der Waals surface area contributed by atoms with Crippen molar-refractivity contribution in [1.82, 2.24) is 14.5 Å². The molecular weight excluding hydrogens is 587 g/mol. The van der Waals surface area contributed by atoms with Gasteiger partial charge in [0.2, 0.25) is 0 Å². The third kappa shape index (κ3) is 2.75. The van der Waals surface area contributed by atoms with Crippen molar-refractivity contribution in [3.05, 3.63) is 161 Å². The van der Waals surface area contributed by atoms with E-state index in [0.717, 1.165) is 49.0 Å². The van der Waals surface area contributed by atoms with E-state index in [-0.39, 0.29) is 11.4 Å². The molecule has 0 radical (unpaired) electrons. The zero-order valence-electron chi connectivity index (χ0n) is 25.4. The van der Waals surface area contributed by atoms with Gasteiger partial charge in [-0.3, -0.25) is 0 Å². The minimum Gasteiger partial charge on any atom is -0.308 e. The highest BCUT2D eigenvalue weighted by Crippen LogP contribution is 2.61. The lowest BCUT2D eigenvalue weighted by molar-refractivity contribution is 0.749. The second kappa shape index (κ2) is 8.70. The molecule has 0 saturated heterocycles. The van der Waals surface area contributed by atoms with Gasteiger partial charge in [0.25, 0.3) is 0 Å². The fraction of sp³-hybridized carbons (Fsp3) is 0.0233. The number of hydrogen-bond donors (Lipinski definition) is 0. The maximum Gasteiger partial charge on any atom is 0.177 e. The van der Waals surface area contributed by atoms with E-state index < -0.39 is 5.41 Å². The average Bonchev–Trinajstić information content (AvgIpc) is 3.65. The van der Waals surface area contributed by atoms with Crippen molar-refractivity contribution >= 4 is 54.4 Å². The van der Waals surface area contributed by atoms with Crippen LogP contribution in [-0.4, -0.2) is 14.5 Å². The number of para-hydroxylation sites is 2. The van der Waals surface area contributed by atoms with Crippen molar-refractivity contribution in [3.63, 3.8) is 0 Å². The van der Waals surface area contributed by atoms with Gasteiger partial charge in [-0.1, -0.05) is 121 Å². The Morgan fingerprint density at radius 3 is 1.73 bits per heavy atom. The van der Waals surface area contributed by atoms with E-state index in [1.165, 1.54) is 33.4 Å². The molecule has 2 aliphatic rings. The SMILES string of the molecule is N#Cc1nc2c3ccccc3c3ccc4c5cccc6c5n(c4c3c2nc1C#N)-c1ccccc1C61c2ccccc2-c2ccccc21. The Kier molecular flexibility index (Phi) is 4.60. The number of rotatable bonds is 0. The topological polar surface area (TPSA) is 78.3 Å². The van der Waals surface area contributed by atoms with Crippen molar-refractivity contribution < 1.29 is 0 Å². The molecule has 7 aromatic carbocycles. The van der Waals surface area contributed by atoms with Crippen molar-refractivity contribution in [2.24, 2.45) is 0 Å². The number of benzene rings is 7. The molecule has 218 valence electrons. The summed E-state index contributed by atoms with van der Waals surface area (Å²) in [5.74, 6) is 0. The van der Waals surface area contributed by atoms with Crippen molar-refractivity contribution in [3.8, 4) is 29.0 Å². The van der Waals surface area contributed by atoms with E-state index in [2.05, 4.69) is 126 Å². The number of nitrogens with zero attached hydrogens (tertiary/aromatic N) is 5. The van der Waals surface area contributed by atoms with E-state index >= 15 is 0 Å². The summed E-state index contributed by atoms with van der Waals surface area (Å²) in [5, 5.41) is 26.1. The minimum atomic E-state index is -0.506. The smallest absolute Gasteiger partial charge is 0.177 e. The Balaban J connectivity index is 1.43. The summed E-state index contributed by atoms with van der Waals surface area (Å²) < 4.78 is 2.42. The van der Waals surface area contributed by atoms with Gasteiger partial charge in [0.15, 0.2) is 11.4 Å². The molecule has 5 nitrogen and oxygen atoms in total. The van der Waals surface area contributed by atoms with Crippen LogP contribution in [0.2, 0.25) is 0 Å². The maximum atomic E-state index is 10.1. The molecule has 0 N–H and O–H groups in total. The summed E-state index contributed by atoms with van der Waals surface area (Å²) in [7, 11) is 0. The molecule has 0 unspecified atom stereocenters. The van der Waals surface area contributed by atoms with E-state index in [4.69, 9.17) is 9.97 Å². The monoisotopic (exact) mass is 607 g/mol. The molecule has 1 spiro atoms. The molecule has 11 rings (SSSR count). The maximum absolute atomic E-state index is 10.1. The van der Waals surface area contributed by atoms with E-state index in [0.29, 0.717) is 11.0 Å². The number of fused-ring (bicyclic) bond motifs is 19. The number of nitriles is 2. The van der Waals surface area contributed by atoms with E-state index in [9.17, 15) is 10.5 Å². The first kappa shape index (κ1) is 25.4. The van der Waals surface area contributed by atoms with Gasteiger partial charge in [0.05, 0.1) is 27.7 Å². The molecule has 48 heavy (non-hydrogen) atoms. The summed E-state index contributed by atoms with van der Waals surface area (Å²) >= 11 is 0. The molecule has 5 heteroatoms. The fourth-order valence-corrected chi connectivity index (χ4v) is 8.99. The normalized spacial score (nSPS) is 13.5. The van der Waals surface area contributed by atoms with Crippen LogP contribution in [0.4, 0.5) is 0 Å². The Morgan fingerprint density at radius 1 is 0.458 bits per heavy atom. The van der Waals surface area contributed by atoms with Crippen molar-refractivity contribution in [1.29, 1.82) is 10.5 Å². The molecule has 2 aromatic heterocycles. The highest BCUT2D eigenvalue weighted by molar-refractivity contribution is 6.32. The third-order valence-corrected chi connectivity index (χ3v) is 10.7. The van der Waals surface area contributed by atoms with Crippen LogP contribution in [0, 0.1) is 22.7 Å². The Bertz CT molecular complexity index is 3000. The van der Waals surface area contributed by atoms with Crippen molar-refractivity contribution in [2.75, 3.05) is 0 Å². The predicted octanol–water partition coefficient (Wildman–Crippen LogP) is 9.45. The summed E-state index contributed by atoms with van der Waals surface area (Å²) in [4.78, 5) is 9.69. The highest BCUT2D eigenvalue weighted by atomic mass is 15.0. The van der Waals surface area contributed by atoms with Gasteiger partial charge in [0.1, 0.15) is 17.7 Å². The molecule has 0 atom stereocenters. The lowest BCUT2D eigenvalue weighted by Gasteiger charge is -2.39. The zero-order valence-corrected chi connectivity index (χ0v) is 25.4. The van der Waals surface area contributed by atoms with Crippen LogP contribution in [0.15, 0.2) is 127 Å². The van der Waals surface area contributed by atoms with E-state index in [1.54, 1.807) is 0 Å². The summed E-state index contributed by atoms with van der Waals surface area (Å²) in [6.45, 7) is 0. The second-order valence-corrected chi connectivity index (χ2v) is 12.7. The molecular formula is C43H21N5.